The number of rotatable bonds is 4. The molecule has 2 atom stereocenters. The van der Waals surface area contributed by atoms with Crippen molar-refractivity contribution in [2.75, 3.05) is 6.54 Å². The van der Waals surface area contributed by atoms with E-state index >= 15 is 0 Å². The summed E-state index contributed by atoms with van der Waals surface area (Å²) in [5, 5.41) is 10.7. The van der Waals surface area contributed by atoms with Crippen LogP contribution >= 0.6 is 0 Å². The number of nitrogens with two attached hydrogens (primary N) is 1. The zero-order valence-corrected chi connectivity index (χ0v) is 12.0. The molecule has 2 rings (SSSR count). The first-order chi connectivity index (χ1) is 9.22. The molecule has 1 aromatic carbocycles. The second-order valence-corrected chi connectivity index (χ2v) is 6.00. The van der Waals surface area contributed by atoms with E-state index in [0.717, 1.165) is 12.8 Å². The summed E-state index contributed by atoms with van der Waals surface area (Å²) in [4.78, 5) is 0. The van der Waals surface area contributed by atoms with Crippen LogP contribution in [0.4, 0.5) is 0 Å². The standard InChI is InChI=1S/C17H27NO/c1-13-7-6-10-15(11-13)16(12-18)17(19)14-8-4-2-3-5-9-14/h6-7,10-11,14,16-17,19H,2-5,8-9,12,18H2,1H3. The molecule has 0 amide bonds. The highest BCUT2D eigenvalue weighted by atomic mass is 16.3. The van der Waals surface area contributed by atoms with Crippen LogP contribution in [0, 0.1) is 12.8 Å². The largest absolute Gasteiger partial charge is 0.392 e. The number of aliphatic hydroxyl groups is 1. The summed E-state index contributed by atoms with van der Waals surface area (Å²) in [5.74, 6) is 0.513. The van der Waals surface area contributed by atoms with Gasteiger partial charge in [0.2, 0.25) is 0 Å². The molecule has 0 radical (unpaired) electrons. The van der Waals surface area contributed by atoms with Gasteiger partial charge in [-0.15, -0.1) is 0 Å². The predicted molar refractivity (Wildman–Crippen MR) is 80.2 cm³/mol. The van der Waals surface area contributed by atoms with Gasteiger partial charge in [-0.1, -0.05) is 55.5 Å². The molecule has 2 nitrogen and oxygen atoms in total. The summed E-state index contributed by atoms with van der Waals surface area (Å²) in [6.45, 7) is 2.62. The molecule has 0 bridgehead atoms. The summed E-state index contributed by atoms with van der Waals surface area (Å²) < 4.78 is 0. The number of aliphatic hydroxyl groups excluding tert-OH is 1. The summed E-state index contributed by atoms with van der Waals surface area (Å²) in [6.07, 6.45) is 7.18. The number of benzene rings is 1. The molecule has 1 aromatic rings. The Hall–Kier alpha value is -0.860. The number of aryl methyl sites for hydroxylation is 1. The Balaban J connectivity index is 2.11. The fraction of sp³-hybridized carbons (Fsp3) is 0.647. The first-order valence-corrected chi connectivity index (χ1v) is 7.67. The fourth-order valence-corrected chi connectivity index (χ4v) is 3.35. The van der Waals surface area contributed by atoms with Gasteiger partial charge in [-0.05, 0) is 31.2 Å². The van der Waals surface area contributed by atoms with Crippen molar-refractivity contribution in [2.24, 2.45) is 11.7 Å². The van der Waals surface area contributed by atoms with Gasteiger partial charge >= 0.3 is 0 Å². The van der Waals surface area contributed by atoms with E-state index in [4.69, 9.17) is 5.73 Å². The van der Waals surface area contributed by atoms with Crippen LogP contribution in [-0.2, 0) is 0 Å². The lowest BCUT2D eigenvalue weighted by Crippen LogP contribution is -2.32. The van der Waals surface area contributed by atoms with Crippen LogP contribution in [0.15, 0.2) is 24.3 Å². The van der Waals surface area contributed by atoms with E-state index in [9.17, 15) is 5.11 Å². The average Bonchev–Trinajstić information content (AvgIpc) is 2.68. The van der Waals surface area contributed by atoms with Gasteiger partial charge in [0.05, 0.1) is 6.10 Å². The Morgan fingerprint density at radius 1 is 1.21 bits per heavy atom. The van der Waals surface area contributed by atoms with Crippen molar-refractivity contribution in [1.82, 2.24) is 0 Å². The van der Waals surface area contributed by atoms with Crippen molar-refractivity contribution in [3.63, 3.8) is 0 Å². The van der Waals surface area contributed by atoms with E-state index in [1.165, 1.54) is 36.8 Å². The number of hydrogen-bond acceptors (Lipinski definition) is 2. The van der Waals surface area contributed by atoms with Crippen LogP contribution in [-0.4, -0.2) is 17.8 Å². The average molecular weight is 261 g/mol. The van der Waals surface area contributed by atoms with E-state index in [1.807, 2.05) is 0 Å². The van der Waals surface area contributed by atoms with Crippen LogP contribution in [0.5, 0.6) is 0 Å². The van der Waals surface area contributed by atoms with Crippen molar-refractivity contribution in [3.05, 3.63) is 35.4 Å². The van der Waals surface area contributed by atoms with E-state index in [1.54, 1.807) is 0 Å². The SMILES string of the molecule is Cc1cccc(C(CN)C(O)C2CCCCCC2)c1. The lowest BCUT2D eigenvalue weighted by Gasteiger charge is -2.29. The second kappa shape index (κ2) is 7.06. The van der Waals surface area contributed by atoms with Crippen molar-refractivity contribution in [1.29, 1.82) is 0 Å². The van der Waals surface area contributed by atoms with Crippen LogP contribution in [0.1, 0.15) is 55.6 Å². The van der Waals surface area contributed by atoms with Crippen molar-refractivity contribution < 1.29 is 5.11 Å². The fourth-order valence-electron chi connectivity index (χ4n) is 3.35. The molecule has 19 heavy (non-hydrogen) atoms. The summed E-state index contributed by atoms with van der Waals surface area (Å²) >= 11 is 0. The first-order valence-electron chi connectivity index (χ1n) is 7.67. The Morgan fingerprint density at radius 3 is 2.47 bits per heavy atom. The Morgan fingerprint density at radius 2 is 1.89 bits per heavy atom. The molecule has 0 aliphatic heterocycles. The third-order valence-electron chi connectivity index (χ3n) is 4.52. The highest BCUT2D eigenvalue weighted by Gasteiger charge is 2.28. The van der Waals surface area contributed by atoms with Gasteiger partial charge in [0, 0.05) is 12.5 Å². The zero-order valence-electron chi connectivity index (χ0n) is 12.0. The molecule has 0 aromatic heterocycles. The van der Waals surface area contributed by atoms with Crippen LogP contribution in [0.25, 0.3) is 0 Å². The molecule has 1 fully saturated rings. The molecule has 0 spiro atoms. The first kappa shape index (κ1) is 14.5. The topological polar surface area (TPSA) is 46.2 Å². The van der Waals surface area contributed by atoms with Gasteiger partial charge in [-0.25, -0.2) is 0 Å². The van der Waals surface area contributed by atoms with E-state index in [0.29, 0.717) is 12.5 Å². The molecule has 1 aliphatic rings. The maximum absolute atomic E-state index is 10.7. The molecule has 106 valence electrons. The predicted octanol–water partition coefficient (Wildman–Crippen LogP) is 3.37. The van der Waals surface area contributed by atoms with Gasteiger partial charge in [-0.3, -0.25) is 0 Å². The summed E-state index contributed by atoms with van der Waals surface area (Å²) in [6, 6.07) is 8.42. The van der Waals surface area contributed by atoms with Gasteiger partial charge in [0.15, 0.2) is 0 Å². The summed E-state index contributed by atoms with van der Waals surface area (Å²) in [7, 11) is 0. The third kappa shape index (κ3) is 3.80. The maximum atomic E-state index is 10.7. The minimum atomic E-state index is -0.287. The second-order valence-electron chi connectivity index (χ2n) is 6.00. The molecular formula is C17H27NO. The Labute approximate surface area is 117 Å². The van der Waals surface area contributed by atoms with Crippen LogP contribution in [0.3, 0.4) is 0 Å². The molecule has 1 saturated carbocycles. The lowest BCUT2D eigenvalue weighted by atomic mass is 9.82. The van der Waals surface area contributed by atoms with E-state index < -0.39 is 0 Å². The maximum Gasteiger partial charge on any atom is 0.0648 e. The van der Waals surface area contributed by atoms with Gasteiger partial charge in [-0.2, -0.15) is 0 Å². The molecular weight excluding hydrogens is 234 g/mol. The molecule has 2 heteroatoms. The minimum absolute atomic E-state index is 0.0861. The highest BCUT2D eigenvalue weighted by molar-refractivity contribution is 5.26. The van der Waals surface area contributed by atoms with E-state index in [-0.39, 0.29) is 12.0 Å². The van der Waals surface area contributed by atoms with Gasteiger partial charge in [0.25, 0.3) is 0 Å². The van der Waals surface area contributed by atoms with Crippen molar-refractivity contribution in [3.8, 4) is 0 Å². The minimum Gasteiger partial charge on any atom is -0.392 e. The lowest BCUT2D eigenvalue weighted by molar-refractivity contribution is 0.0741. The van der Waals surface area contributed by atoms with Crippen molar-refractivity contribution in [2.45, 2.75) is 57.5 Å². The van der Waals surface area contributed by atoms with Gasteiger partial charge in [0.1, 0.15) is 0 Å². The highest BCUT2D eigenvalue weighted by Crippen LogP contribution is 2.32. The smallest absolute Gasteiger partial charge is 0.0648 e. The van der Waals surface area contributed by atoms with Crippen LogP contribution < -0.4 is 5.73 Å². The Kier molecular flexibility index (Phi) is 5.41. The molecule has 3 N–H and O–H groups in total. The van der Waals surface area contributed by atoms with E-state index in [2.05, 4.69) is 31.2 Å². The van der Waals surface area contributed by atoms with Crippen molar-refractivity contribution >= 4 is 0 Å². The molecule has 0 saturated heterocycles. The number of hydrogen-bond donors (Lipinski definition) is 2. The molecule has 1 aliphatic carbocycles. The van der Waals surface area contributed by atoms with Gasteiger partial charge < -0.3 is 10.8 Å². The quantitative estimate of drug-likeness (QED) is 0.816. The molecule has 0 heterocycles. The van der Waals surface area contributed by atoms with Crippen LogP contribution in [0.2, 0.25) is 0 Å². The zero-order chi connectivity index (χ0) is 13.7. The monoisotopic (exact) mass is 261 g/mol. The molecule has 2 unspecified atom stereocenters. The Bertz CT molecular complexity index is 383. The summed E-state index contributed by atoms with van der Waals surface area (Å²) in [5.41, 5.74) is 8.38. The normalized spacial score (nSPS) is 20.8. The third-order valence-corrected chi connectivity index (χ3v) is 4.52.